The quantitative estimate of drug-likeness (QED) is 0.676. The molecule has 0 bridgehead atoms. The number of aryl methyl sites for hydroxylation is 1. The van der Waals surface area contributed by atoms with E-state index in [0.717, 1.165) is 33.4 Å². The van der Waals surface area contributed by atoms with Gasteiger partial charge >= 0.3 is 0 Å². The van der Waals surface area contributed by atoms with Crippen LogP contribution in [0.15, 0.2) is 47.0 Å². The second-order valence-corrected chi connectivity index (χ2v) is 7.66. The van der Waals surface area contributed by atoms with Gasteiger partial charge in [0.1, 0.15) is 17.2 Å². The third-order valence-corrected chi connectivity index (χ3v) is 5.19. The number of furan rings is 1. The van der Waals surface area contributed by atoms with Gasteiger partial charge in [-0.15, -0.1) is 0 Å². The van der Waals surface area contributed by atoms with Crippen molar-refractivity contribution in [2.24, 2.45) is 0 Å². The predicted octanol–water partition coefficient (Wildman–Crippen LogP) is 3.19. The largest absolute Gasteiger partial charge is 0.461 e. The molecule has 0 aliphatic carbocycles. The Labute approximate surface area is 175 Å². The van der Waals surface area contributed by atoms with Gasteiger partial charge in [0.15, 0.2) is 0 Å². The normalized spacial score (nSPS) is 14.6. The molecule has 30 heavy (non-hydrogen) atoms. The van der Waals surface area contributed by atoms with Gasteiger partial charge < -0.3 is 14.6 Å². The van der Waals surface area contributed by atoms with Crippen LogP contribution in [0.5, 0.6) is 0 Å². The van der Waals surface area contributed by atoms with Crippen molar-refractivity contribution in [2.45, 2.75) is 20.0 Å². The highest BCUT2D eigenvalue weighted by molar-refractivity contribution is 5.94. The fourth-order valence-corrected chi connectivity index (χ4v) is 3.64. The summed E-state index contributed by atoms with van der Waals surface area (Å²) in [6, 6.07) is 9.78. The number of fused-ring (bicyclic) bond motifs is 2. The smallest absolute Gasteiger partial charge is 0.246 e. The minimum Gasteiger partial charge on any atom is -0.461 e. The average molecular weight is 404 g/mol. The first-order valence-corrected chi connectivity index (χ1v) is 9.78. The van der Waals surface area contributed by atoms with Gasteiger partial charge in [-0.2, -0.15) is 0 Å². The average Bonchev–Trinajstić information content (AvgIpc) is 2.93. The first-order chi connectivity index (χ1) is 14.4. The highest BCUT2D eigenvalue weighted by Crippen LogP contribution is 2.26. The van der Waals surface area contributed by atoms with Crippen molar-refractivity contribution in [2.75, 3.05) is 26.0 Å². The molecule has 0 radical (unpaired) electrons. The second kappa shape index (κ2) is 8.12. The van der Waals surface area contributed by atoms with E-state index in [2.05, 4.69) is 10.3 Å². The van der Waals surface area contributed by atoms with Gasteiger partial charge in [0.2, 0.25) is 11.8 Å². The molecule has 0 unspecified atom stereocenters. The predicted molar refractivity (Wildman–Crippen MR) is 116 cm³/mol. The fraction of sp³-hybridized carbons (Fsp3) is 0.261. The minimum atomic E-state index is -0.111. The van der Waals surface area contributed by atoms with Crippen LogP contribution in [-0.4, -0.2) is 47.2 Å². The zero-order valence-electron chi connectivity index (χ0n) is 17.3. The van der Waals surface area contributed by atoms with Crippen LogP contribution in [0.4, 0.5) is 5.82 Å². The first kappa shape index (κ1) is 19.8. The molecule has 1 aliphatic rings. The Morgan fingerprint density at radius 2 is 2.13 bits per heavy atom. The van der Waals surface area contributed by atoms with Crippen LogP contribution in [0.3, 0.4) is 0 Å². The third kappa shape index (κ3) is 4.11. The van der Waals surface area contributed by atoms with E-state index >= 15 is 0 Å². The number of anilines is 1. The summed E-state index contributed by atoms with van der Waals surface area (Å²) >= 11 is 0. The van der Waals surface area contributed by atoms with Crippen molar-refractivity contribution in [3.8, 4) is 0 Å². The molecule has 0 fully saturated rings. The molecular formula is C23H24N4O3. The van der Waals surface area contributed by atoms with Gasteiger partial charge in [0.25, 0.3) is 0 Å². The standard InChI is InChI=1S/C23H24N4O3/c1-15-19(18-6-4-5-7-20(18)30-15)13-27(3)22(29)9-8-16-10-17-12-26(2)14-21(28)25-23(17)24-11-16/h4-11H,12-14H2,1-3H3,(H,24,25,28). The molecule has 2 amide bonds. The lowest BCUT2D eigenvalue weighted by molar-refractivity contribution is -0.125. The van der Waals surface area contributed by atoms with Crippen LogP contribution >= 0.6 is 0 Å². The third-order valence-electron chi connectivity index (χ3n) is 5.19. The molecular weight excluding hydrogens is 380 g/mol. The number of rotatable bonds is 4. The Balaban J connectivity index is 1.48. The number of amides is 2. The van der Waals surface area contributed by atoms with Crippen molar-refractivity contribution in [3.63, 3.8) is 0 Å². The number of hydrogen-bond acceptors (Lipinski definition) is 5. The molecule has 154 valence electrons. The van der Waals surface area contributed by atoms with E-state index in [1.54, 1.807) is 30.3 Å². The van der Waals surface area contributed by atoms with Gasteiger partial charge in [-0.1, -0.05) is 18.2 Å². The molecule has 7 nitrogen and oxygen atoms in total. The van der Waals surface area contributed by atoms with Gasteiger partial charge in [0, 0.05) is 48.9 Å². The fourth-order valence-electron chi connectivity index (χ4n) is 3.64. The van der Waals surface area contributed by atoms with E-state index in [4.69, 9.17) is 4.42 Å². The zero-order valence-corrected chi connectivity index (χ0v) is 17.3. The topological polar surface area (TPSA) is 78.7 Å². The summed E-state index contributed by atoms with van der Waals surface area (Å²) in [6.45, 7) is 3.32. The summed E-state index contributed by atoms with van der Waals surface area (Å²) in [5, 5.41) is 3.84. The van der Waals surface area contributed by atoms with Crippen LogP contribution in [0.1, 0.15) is 22.5 Å². The van der Waals surface area contributed by atoms with E-state index in [9.17, 15) is 9.59 Å². The number of pyridine rings is 1. The monoisotopic (exact) mass is 404 g/mol. The molecule has 0 spiro atoms. The van der Waals surface area contributed by atoms with Crippen LogP contribution in [0.2, 0.25) is 0 Å². The summed E-state index contributed by atoms with van der Waals surface area (Å²) in [5.74, 6) is 1.21. The molecule has 7 heteroatoms. The molecule has 2 aromatic heterocycles. The Bertz CT molecular complexity index is 1150. The number of carbonyl (C=O) groups is 2. The van der Waals surface area contributed by atoms with Crippen LogP contribution in [-0.2, 0) is 22.7 Å². The van der Waals surface area contributed by atoms with Crippen molar-refractivity contribution >= 4 is 34.7 Å². The Kier molecular flexibility index (Phi) is 5.37. The van der Waals surface area contributed by atoms with E-state index in [0.29, 0.717) is 25.5 Å². The van der Waals surface area contributed by atoms with E-state index < -0.39 is 0 Å². The first-order valence-electron chi connectivity index (χ1n) is 9.78. The Morgan fingerprint density at radius 3 is 2.97 bits per heavy atom. The summed E-state index contributed by atoms with van der Waals surface area (Å²) in [6.07, 6.45) is 4.95. The lowest BCUT2D eigenvalue weighted by Crippen LogP contribution is -2.26. The maximum absolute atomic E-state index is 12.7. The molecule has 3 aromatic rings. The maximum atomic E-state index is 12.7. The summed E-state index contributed by atoms with van der Waals surface area (Å²) in [5.41, 5.74) is 3.58. The number of carbonyl (C=O) groups excluding carboxylic acids is 2. The van der Waals surface area contributed by atoms with E-state index in [1.807, 2.05) is 49.2 Å². The maximum Gasteiger partial charge on any atom is 0.246 e. The highest BCUT2D eigenvalue weighted by atomic mass is 16.3. The number of likely N-dealkylation sites (N-methyl/N-ethyl adjacent to an activating group) is 2. The van der Waals surface area contributed by atoms with Crippen LogP contribution in [0.25, 0.3) is 17.0 Å². The lowest BCUT2D eigenvalue weighted by atomic mass is 10.1. The van der Waals surface area contributed by atoms with Gasteiger partial charge in [-0.05, 0) is 37.7 Å². The number of aromatic nitrogens is 1. The molecule has 3 heterocycles. The van der Waals surface area contributed by atoms with Crippen LogP contribution in [0, 0.1) is 6.92 Å². The molecule has 4 rings (SSSR count). The summed E-state index contributed by atoms with van der Waals surface area (Å²) in [4.78, 5) is 32.4. The molecule has 1 aromatic carbocycles. The van der Waals surface area contributed by atoms with Gasteiger partial charge in [-0.25, -0.2) is 4.98 Å². The number of para-hydroxylation sites is 1. The summed E-state index contributed by atoms with van der Waals surface area (Å²) in [7, 11) is 3.66. The summed E-state index contributed by atoms with van der Waals surface area (Å²) < 4.78 is 5.79. The molecule has 0 atom stereocenters. The number of nitrogens with one attached hydrogen (secondary N) is 1. The lowest BCUT2D eigenvalue weighted by Gasteiger charge is -2.15. The van der Waals surface area contributed by atoms with Crippen molar-refractivity contribution < 1.29 is 14.0 Å². The molecule has 1 aliphatic heterocycles. The Morgan fingerprint density at radius 1 is 1.33 bits per heavy atom. The highest BCUT2D eigenvalue weighted by Gasteiger charge is 2.18. The zero-order chi connectivity index (χ0) is 21.3. The number of benzene rings is 1. The van der Waals surface area contributed by atoms with Gasteiger partial charge in [-0.3, -0.25) is 14.5 Å². The van der Waals surface area contributed by atoms with Crippen molar-refractivity contribution in [1.29, 1.82) is 0 Å². The Hall–Kier alpha value is -3.45. The molecule has 0 saturated carbocycles. The van der Waals surface area contributed by atoms with Crippen molar-refractivity contribution in [3.05, 3.63) is 65.1 Å². The van der Waals surface area contributed by atoms with Crippen LogP contribution < -0.4 is 5.32 Å². The molecule has 1 N–H and O–H groups in total. The van der Waals surface area contributed by atoms with Crippen molar-refractivity contribution in [1.82, 2.24) is 14.8 Å². The minimum absolute atomic E-state index is 0.0779. The number of hydrogen-bond donors (Lipinski definition) is 1. The van der Waals surface area contributed by atoms with E-state index in [1.165, 1.54) is 0 Å². The second-order valence-electron chi connectivity index (χ2n) is 7.66. The molecule has 0 saturated heterocycles. The SMILES string of the molecule is Cc1oc2ccccc2c1CN(C)C(=O)C=Cc1cnc2c(c1)CN(C)CC(=O)N2. The number of nitrogens with zero attached hydrogens (tertiary/aromatic N) is 3. The van der Waals surface area contributed by atoms with E-state index in [-0.39, 0.29) is 11.8 Å². The van der Waals surface area contributed by atoms with Gasteiger partial charge in [0.05, 0.1) is 6.54 Å².